The molecule has 2 nitrogen and oxygen atoms in total. The van der Waals surface area contributed by atoms with Crippen LogP contribution in [0.2, 0.25) is 0 Å². The van der Waals surface area contributed by atoms with Crippen LogP contribution in [0.4, 0.5) is 0 Å². The van der Waals surface area contributed by atoms with Gasteiger partial charge in [-0.05, 0) is 18.3 Å². The SMILES string of the molecule is C1CCC2(CC1)CNCNC2. The second kappa shape index (κ2) is 3.11. The van der Waals surface area contributed by atoms with Crippen LogP contribution < -0.4 is 10.6 Å². The summed E-state index contributed by atoms with van der Waals surface area (Å²) in [6.07, 6.45) is 7.23. The van der Waals surface area contributed by atoms with Gasteiger partial charge in [0, 0.05) is 19.8 Å². The fourth-order valence-corrected chi connectivity index (χ4v) is 2.46. The Morgan fingerprint density at radius 1 is 0.818 bits per heavy atom. The van der Waals surface area contributed by atoms with Gasteiger partial charge in [-0.1, -0.05) is 19.3 Å². The molecule has 0 bridgehead atoms. The van der Waals surface area contributed by atoms with Crippen molar-refractivity contribution >= 4 is 0 Å². The van der Waals surface area contributed by atoms with Crippen molar-refractivity contribution in [2.24, 2.45) is 5.41 Å². The maximum Gasteiger partial charge on any atom is 0.0454 e. The minimum atomic E-state index is 0.635. The molecule has 0 radical (unpaired) electrons. The zero-order valence-corrected chi connectivity index (χ0v) is 7.16. The van der Waals surface area contributed by atoms with E-state index in [2.05, 4.69) is 10.6 Å². The van der Waals surface area contributed by atoms with Crippen LogP contribution in [0.15, 0.2) is 0 Å². The molecule has 1 aliphatic heterocycles. The average molecular weight is 154 g/mol. The Hall–Kier alpha value is -0.0800. The van der Waals surface area contributed by atoms with Crippen LogP contribution in [0.5, 0.6) is 0 Å². The molecule has 2 N–H and O–H groups in total. The predicted molar refractivity (Wildman–Crippen MR) is 46.4 cm³/mol. The first-order chi connectivity index (χ1) is 5.41. The largest absolute Gasteiger partial charge is 0.304 e. The van der Waals surface area contributed by atoms with Gasteiger partial charge in [0.2, 0.25) is 0 Å². The molecule has 0 aromatic rings. The van der Waals surface area contributed by atoms with E-state index in [1.807, 2.05) is 0 Å². The van der Waals surface area contributed by atoms with Gasteiger partial charge >= 0.3 is 0 Å². The van der Waals surface area contributed by atoms with E-state index in [0.717, 1.165) is 6.67 Å². The second-order valence-electron chi connectivity index (χ2n) is 4.09. The molecule has 11 heavy (non-hydrogen) atoms. The number of hydrogen-bond acceptors (Lipinski definition) is 2. The van der Waals surface area contributed by atoms with Gasteiger partial charge in [-0.3, -0.25) is 0 Å². The molecule has 1 saturated heterocycles. The van der Waals surface area contributed by atoms with E-state index in [0.29, 0.717) is 5.41 Å². The van der Waals surface area contributed by atoms with Gasteiger partial charge in [-0.2, -0.15) is 0 Å². The molecule has 0 aromatic heterocycles. The van der Waals surface area contributed by atoms with Crippen molar-refractivity contribution in [3.8, 4) is 0 Å². The standard InChI is InChI=1S/C9H18N2/c1-2-4-9(5-3-1)6-10-8-11-7-9/h10-11H,1-8H2. The van der Waals surface area contributed by atoms with Crippen molar-refractivity contribution in [1.82, 2.24) is 10.6 Å². The fourth-order valence-electron chi connectivity index (χ4n) is 2.46. The number of rotatable bonds is 0. The Labute approximate surface area is 68.7 Å². The molecule has 0 aromatic carbocycles. The molecule has 1 heterocycles. The summed E-state index contributed by atoms with van der Waals surface area (Å²) in [5.41, 5.74) is 0.635. The highest BCUT2D eigenvalue weighted by Gasteiger charge is 2.32. The lowest BCUT2D eigenvalue weighted by Gasteiger charge is -2.41. The Balaban J connectivity index is 1.94. The van der Waals surface area contributed by atoms with Gasteiger partial charge in [-0.25, -0.2) is 0 Å². The van der Waals surface area contributed by atoms with Gasteiger partial charge in [0.15, 0.2) is 0 Å². The summed E-state index contributed by atoms with van der Waals surface area (Å²) in [6.45, 7) is 3.52. The van der Waals surface area contributed by atoms with E-state index in [1.54, 1.807) is 0 Å². The van der Waals surface area contributed by atoms with Gasteiger partial charge in [0.05, 0.1) is 0 Å². The molecule has 1 saturated carbocycles. The normalized spacial score (nSPS) is 30.5. The van der Waals surface area contributed by atoms with E-state index < -0.39 is 0 Å². The first-order valence-corrected chi connectivity index (χ1v) is 4.83. The summed E-state index contributed by atoms with van der Waals surface area (Å²) in [6, 6.07) is 0. The van der Waals surface area contributed by atoms with E-state index in [4.69, 9.17) is 0 Å². The van der Waals surface area contributed by atoms with Gasteiger partial charge in [0.1, 0.15) is 0 Å². The third-order valence-corrected chi connectivity index (χ3v) is 3.16. The van der Waals surface area contributed by atoms with Crippen LogP contribution in [0.3, 0.4) is 0 Å². The van der Waals surface area contributed by atoms with E-state index in [1.165, 1.54) is 45.2 Å². The lowest BCUT2D eigenvalue weighted by molar-refractivity contribution is 0.148. The Kier molecular flexibility index (Phi) is 2.14. The van der Waals surface area contributed by atoms with Gasteiger partial charge in [0.25, 0.3) is 0 Å². The molecule has 2 heteroatoms. The molecule has 2 aliphatic rings. The highest BCUT2D eigenvalue weighted by Crippen LogP contribution is 2.35. The highest BCUT2D eigenvalue weighted by atomic mass is 15.1. The molecule has 64 valence electrons. The topological polar surface area (TPSA) is 24.1 Å². The average Bonchev–Trinajstić information content (AvgIpc) is 2.07. The van der Waals surface area contributed by atoms with Crippen molar-refractivity contribution in [2.75, 3.05) is 19.8 Å². The molecule has 0 amide bonds. The van der Waals surface area contributed by atoms with Crippen molar-refractivity contribution in [2.45, 2.75) is 32.1 Å². The minimum Gasteiger partial charge on any atom is -0.304 e. The summed E-state index contributed by atoms with van der Waals surface area (Å²) in [5, 5.41) is 6.87. The maximum atomic E-state index is 3.43. The lowest BCUT2D eigenvalue weighted by atomic mass is 9.73. The third-order valence-electron chi connectivity index (χ3n) is 3.16. The number of hydrogen-bond donors (Lipinski definition) is 2. The van der Waals surface area contributed by atoms with Crippen LogP contribution in [-0.4, -0.2) is 19.8 Å². The molecular weight excluding hydrogens is 136 g/mol. The van der Waals surface area contributed by atoms with E-state index in [-0.39, 0.29) is 0 Å². The molecular formula is C9H18N2. The Bertz CT molecular complexity index is 102. The van der Waals surface area contributed by atoms with E-state index in [9.17, 15) is 0 Å². The Morgan fingerprint density at radius 2 is 1.45 bits per heavy atom. The molecule has 2 fully saturated rings. The lowest BCUT2D eigenvalue weighted by Crippen LogP contribution is -2.52. The number of nitrogens with one attached hydrogen (secondary N) is 2. The second-order valence-corrected chi connectivity index (χ2v) is 4.09. The smallest absolute Gasteiger partial charge is 0.0454 e. The van der Waals surface area contributed by atoms with Gasteiger partial charge < -0.3 is 10.6 Å². The van der Waals surface area contributed by atoms with E-state index >= 15 is 0 Å². The fraction of sp³-hybridized carbons (Fsp3) is 1.00. The maximum absolute atomic E-state index is 3.43. The zero-order chi connectivity index (χ0) is 7.57. The first-order valence-electron chi connectivity index (χ1n) is 4.83. The molecule has 1 aliphatic carbocycles. The van der Waals surface area contributed by atoms with Crippen molar-refractivity contribution in [3.63, 3.8) is 0 Å². The summed E-state index contributed by atoms with van der Waals surface area (Å²) < 4.78 is 0. The van der Waals surface area contributed by atoms with Crippen molar-refractivity contribution in [3.05, 3.63) is 0 Å². The summed E-state index contributed by atoms with van der Waals surface area (Å²) in [7, 11) is 0. The minimum absolute atomic E-state index is 0.635. The predicted octanol–water partition coefficient (Wildman–Crippen LogP) is 1.09. The Morgan fingerprint density at radius 3 is 2.09 bits per heavy atom. The molecule has 0 atom stereocenters. The van der Waals surface area contributed by atoms with Crippen molar-refractivity contribution in [1.29, 1.82) is 0 Å². The quantitative estimate of drug-likeness (QED) is 0.545. The van der Waals surface area contributed by atoms with Crippen molar-refractivity contribution < 1.29 is 0 Å². The zero-order valence-electron chi connectivity index (χ0n) is 7.16. The monoisotopic (exact) mass is 154 g/mol. The highest BCUT2D eigenvalue weighted by molar-refractivity contribution is 4.88. The van der Waals surface area contributed by atoms with Crippen LogP contribution in [-0.2, 0) is 0 Å². The van der Waals surface area contributed by atoms with Crippen LogP contribution in [0, 0.1) is 5.41 Å². The van der Waals surface area contributed by atoms with Crippen LogP contribution in [0.25, 0.3) is 0 Å². The van der Waals surface area contributed by atoms with Crippen LogP contribution in [0.1, 0.15) is 32.1 Å². The molecule has 0 unspecified atom stereocenters. The van der Waals surface area contributed by atoms with Gasteiger partial charge in [-0.15, -0.1) is 0 Å². The molecule has 1 spiro atoms. The molecule has 2 rings (SSSR count). The summed E-state index contributed by atoms with van der Waals surface area (Å²) >= 11 is 0. The summed E-state index contributed by atoms with van der Waals surface area (Å²) in [4.78, 5) is 0. The third kappa shape index (κ3) is 1.57. The van der Waals surface area contributed by atoms with Crippen LogP contribution >= 0.6 is 0 Å². The first kappa shape index (κ1) is 7.56. The summed E-state index contributed by atoms with van der Waals surface area (Å²) in [5.74, 6) is 0.